The van der Waals surface area contributed by atoms with E-state index in [9.17, 15) is 9.59 Å². The normalized spacial score (nSPS) is 15.7. The van der Waals surface area contributed by atoms with E-state index < -0.39 is 6.04 Å². The van der Waals surface area contributed by atoms with Gasteiger partial charge in [-0.25, -0.2) is 0 Å². The first-order valence-corrected chi connectivity index (χ1v) is 6.57. The number of anilines is 2. The zero-order valence-corrected chi connectivity index (χ0v) is 11.0. The Balaban J connectivity index is 1.98. The highest BCUT2D eigenvalue weighted by Gasteiger charge is 2.29. The molecule has 5 nitrogen and oxygen atoms in total. The number of amides is 2. The van der Waals surface area contributed by atoms with E-state index in [0.29, 0.717) is 17.8 Å². The zero-order valence-electron chi connectivity index (χ0n) is 11.0. The highest BCUT2D eigenvalue weighted by Crippen LogP contribution is 2.30. The number of rotatable bonds is 5. The van der Waals surface area contributed by atoms with E-state index in [4.69, 9.17) is 5.73 Å². The zero-order chi connectivity index (χ0) is 13.8. The van der Waals surface area contributed by atoms with Crippen molar-refractivity contribution >= 4 is 23.2 Å². The summed E-state index contributed by atoms with van der Waals surface area (Å²) in [7, 11) is 0. The van der Waals surface area contributed by atoms with Crippen LogP contribution in [0.3, 0.4) is 0 Å². The number of carbonyl (C=O) groups is 2. The quantitative estimate of drug-likeness (QED) is 0.754. The molecule has 0 saturated heterocycles. The van der Waals surface area contributed by atoms with Crippen molar-refractivity contribution in [1.82, 2.24) is 0 Å². The Morgan fingerprint density at radius 1 is 1.32 bits per heavy atom. The van der Waals surface area contributed by atoms with E-state index >= 15 is 0 Å². The molecule has 0 bridgehead atoms. The van der Waals surface area contributed by atoms with Gasteiger partial charge in [0.2, 0.25) is 11.8 Å². The van der Waals surface area contributed by atoms with Crippen LogP contribution in [-0.4, -0.2) is 17.9 Å². The third-order valence-corrected chi connectivity index (χ3v) is 3.12. The number of nitrogens with one attached hydrogen (secondary N) is 2. The van der Waals surface area contributed by atoms with E-state index in [1.54, 1.807) is 24.3 Å². The molecule has 1 aliphatic carbocycles. The maximum absolute atomic E-state index is 11.7. The Bertz CT molecular complexity index is 483. The molecule has 0 aromatic heterocycles. The van der Waals surface area contributed by atoms with Crippen molar-refractivity contribution in [3.8, 4) is 0 Å². The SMILES string of the molecule is CCC(N)C(=O)Nc1cccc(NC(=O)C2CC2)c1. The van der Waals surface area contributed by atoms with Gasteiger partial charge in [-0.1, -0.05) is 13.0 Å². The number of carbonyl (C=O) groups excluding carboxylic acids is 2. The maximum atomic E-state index is 11.7. The number of hydrogen-bond donors (Lipinski definition) is 3. The molecule has 4 N–H and O–H groups in total. The molecule has 1 aromatic carbocycles. The lowest BCUT2D eigenvalue weighted by Gasteiger charge is -2.11. The Labute approximate surface area is 112 Å². The summed E-state index contributed by atoms with van der Waals surface area (Å²) in [6, 6.07) is 6.59. The Morgan fingerprint density at radius 2 is 1.95 bits per heavy atom. The minimum Gasteiger partial charge on any atom is -0.326 e. The minimum absolute atomic E-state index is 0.0498. The molecule has 19 heavy (non-hydrogen) atoms. The first-order chi connectivity index (χ1) is 9.10. The summed E-state index contributed by atoms with van der Waals surface area (Å²) in [5.74, 6) is -0.00586. The topological polar surface area (TPSA) is 84.2 Å². The molecule has 1 atom stereocenters. The number of benzene rings is 1. The molecular formula is C14H19N3O2. The molecule has 5 heteroatoms. The lowest BCUT2D eigenvalue weighted by atomic mass is 10.2. The summed E-state index contributed by atoms with van der Waals surface area (Å²) in [6.07, 6.45) is 2.52. The van der Waals surface area contributed by atoms with E-state index in [-0.39, 0.29) is 17.7 Å². The molecule has 2 amide bonds. The van der Waals surface area contributed by atoms with Crippen LogP contribution in [0.4, 0.5) is 11.4 Å². The van der Waals surface area contributed by atoms with Crippen LogP contribution in [0.1, 0.15) is 26.2 Å². The highest BCUT2D eigenvalue weighted by molar-refractivity contribution is 5.97. The van der Waals surface area contributed by atoms with Crippen LogP contribution >= 0.6 is 0 Å². The van der Waals surface area contributed by atoms with Gasteiger partial charge in [0.1, 0.15) is 0 Å². The summed E-state index contributed by atoms with van der Waals surface area (Å²) in [6.45, 7) is 1.86. The molecule has 1 unspecified atom stereocenters. The molecular weight excluding hydrogens is 242 g/mol. The van der Waals surface area contributed by atoms with Gasteiger partial charge in [0.05, 0.1) is 6.04 Å². The lowest BCUT2D eigenvalue weighted by molar-refractivity contribution is -0.118. The number of hydrogen-bond acceptors (Lipinski definition) is 3. The van der Waals surface area contributed by atoms with Gasteiger partial charge in [0.25, 0.3) is 0 Å². The van der Waals surface area contributed by atoms with Crippen LogP contribution < -0.4 is 16.4 Å². The fraction of sp³-hybridized carbons (Fsp3) is 0.429. The molecule has 1 saturated carbocycles. The molecule has 0 spiro atoms. The molecule has 0 aliphatic heterocycles. The van der Waals surface area contributed by atoms with Crippen LogP contribution in [0.5, 0.6) is 0 Å². The lowest BCUT2D eigenvalue weighted by Crippen LogP contribution is -2.34. The largest absolute Gasteiger partial charge is 0.326 e. The van der Waals surface area contributed by atoms with Gasteiger partial charge < -0.3 is 16.4 Å². The van der Waals surface area contributed by atoms with Crippen molar-refractivity contribution in [1.29, 1.82) is 0 Å². The Morgan fingerprint density at radius 3 is 2.53 bits per heavy atom. The average Bonchev–Trinajstić information content (AvgIpc) is 3.22. The average molecular weight is 261 g/mol. The fourth-order valence-corrected chi connectivity index (χ4v) is 1.68. The van der Waals surface area contributed by atoms with Crippen LogP contribution in [0.15, 0.2) is 24.3 Å². The number of nitrogens with two attached hydrogens (primary N) is 1. The molecule has 0 radical (unpaired) electrons. The predicted octanol–water partition coefficient (Wildman–Crippen LogP) is 1.71. The maximum Gasteiger partial charge on any atom is 0.241 e. The van der Waals surface area contributed by atoms with Gasteiger partial charge in [-0.3, -0.25) is 9.59 Å². The summed E-state index contributed by atoms with van der Waals surface area (Å²) in [4.78, 5) is 23.3. The smallest absolute Gasteiger partial charge is 0.241 e. The molecule has 1 fully saturated rings. The van der Waals surface area contributed by atoms with Gasteiger partial charge in [-0.15, -0.1) is 0 Å². The molecule has 1 aliphatic rings. The minimum atomic E-state index is -0.510. The van der Waals surface area contributed by atoms with Crippen LogP contribution in [-0.2, 0) is 9.59 Å². The van der Waals surface area contributed by atoms with Crippen molar-refractivity contribution in [3.05, 3.63) is 24.3 Å². The first-order valence-electron chi connectivity index (χ1n) is 6.57. The second-order valence-electron chi connectivity index (χ2n) is 4.85. The summed E-state index contributed by atoms with van der Waals surface area (Å²) >= 11 is 0. The highest BCUT2D eigenvalue weighted by atomic mass is 16.2. The van der Waals surface area contributed by atoms with Crippen molar-refractivity contribution in [2.45, 2.75) is 32.2 Å². The van der Waals surface area contributed by atoms with Gasteiger partial charge >= 0.3 is 0 Å². The van der Waals surface area contributed by atoms with Crippen molar-refractivity contribution in [3.63, 3.8) is 0 Å². The van der Waals surface area contributed by atoms with Crippen molar-refractivity contribution in [2.75, 3.05) is 10.6 Å². The monoisotopic (exact) mass is 261 g/mol. The molecule has 2 rings (SSSR count). The van der Waals surface area contributed by atoms with E-state index in [1.807, 2.05) is 6.92 Å². The van der Waals surface area contributed by atoms with E-state index in [1.165, 1.54) is 0 Å². The molecule has 102 valence electrons. The molecule has 0 heterocycles. The predicted molar refractivity (Wildman–Crippen MR) is 74.7 cm³/mol. The third-order valence-electron chi connectivity index (χ3n) is 3.12. The molecule has 1 aromatic rings. The first kappa shape index (κ1) is 13.5. The van der Waals surface area contributed by atoms with E-state index in [2.05, 4.69) is 10.6 Å². The Hall–Kier alpha value is -1.88. The second kappa shape index (κ2) is 5.84. The van der Waals surface area contributed by atoms with Crippen LogP contribution in [0.2, 0.25) is 0 Å². The van der Waals surface area contributed by atoms with Crippen molar-refractivity contribution < 1.29 is 9.59 Å². The van der Waals surface area contributed by atoms with Gasteiger partial charge in [-0.05, 0) is 37.5 Å². The van der Waals surface area contributed by atoms with Gasteiger partial charge in [0, 0.05) is 17.3 Å². The fourth-order valence-electron chi connectivity index (χ4n) is 1.68. The van der Waals surface area contributed by atoms with Gasteiger partial charge in [0.15, 0.2) is 0 Å². The Kier molecular flexibility index (Phi) is 4.16. The standard InChI is InChI=1S/C14H19N3O2/c1-2-12(15)14(19)17-11-5-3-4-10(8-11)16-13(18)9-6-7-9/h3-5,8-9,12H,2,6-7,15H2,1H3,(H,16,18)(H,17,19). The summed E-state index contributed by atoms with van der Waals surface area (Å²) in [5, 5.41) is 5.58. The van der Waals surface area contributed by atoms with Gasteiger partial charge in [-0.2, -0.15) is 0 Å². The third kappa shape index (κ3) is 3.79. The second-order valence-corrected chi connectivity index (χ2v) is 4.85. The van der Waals surface area contributed by atoms with E-state index in [0.717, 1.165) is 12.8 Å². The van der Waals surface area contributed by atoms with Crippen LogP contribution in [0.25, 0.3) is 0 Å². The summed E-state index contributed by atoms with van der Waals surface area (Å²) < 4.78 is 0. The van der Waals surface area contributed by atoms with Crippen molar-refractivity contribution in [2.24, 2.45) is 11.7 Å². The van der Waals surface area contributed by atoms with Crippen LogP contribution in [0, 0.1) is 5.92 Å². The summed E-state index contributed by atoms with van der Waals surface area (Å²) in [5.41, 5.74) is 6.98.